The van der Waals surface area contributed by atoms with Crippen LogP contribution in [0.2, 0.25) is 0 Å². The predicted molar refractivity (Wildman–Crippen MR) is 103 cm³/mol. The molecule has 0 fully saturated rings. The SMILES string of the molecule is CCC(Oc1cccc2ccccc12)C(=O)NCc1ccc(OC)cc1. The van der Waals surface area contributed by atoms with Gasteiger partial charge in [-0.1, -0.05) is 55.5 Å². The average molecular weight is 349 g/mol. The Balaban J connectivity index is 1.66. The van der Waals surface area contributed by atoms with Crippen molar-refractivity contribution in [2.45, 2.75) is 26.0 Å². The standard InChI is InChI=1S/C22H23NO3/c1-3-20(22(24)23-15-16-11-13-18(25-2)14-12-16)26-21-10-6-8-17-7-4-5-9-19(17)21/h4-14,20H,3,15H2,1-2H3,(H,23,24). The Kier molecular flexibility index (Phi) is 5.74. The molecule has 1 amide bonds. The second-order valence-electron chi connectivity index (χ2n) is 6.06. The summed E-state index contributed by atoms with van der Waals surface area (Å²) in [6.45, 7) is 2.40. The summed E-state index contributed by atoms with van der Waals surface area (Å²) in [6.07, 6.45) is 0.0663. The van der Waals surface area contributed by atoms with Crippen LogP contribution in [0.15, 0.2) is 66.7 Å². The molecule has 0 aliphatic carbocycles. The first-order valence-corrected chi connectivity index (χ1v) is 8.76. The minimum Gasteiger partial charge on any atom is -0.497 e. The van der Waals surface area contributed by atoms with E-state index in [4.69, 9.17) is 9.47 Å². The highest BCUT2D eigenvalue weighted by Crippen LogP contribution is 2.26. The summed E-state index contributed by atoms with van der Waals surface area (Å²) in [7, 11) is 1.63. The average Bonchev–Trinajstić information content (AvgIpc) is 2.70. The molecule has 0 spiro atoms. The lowest BCUT2D eigenvalue weighted by Gasteiger charge is -2.18. The van der Waals surface area contributed by atoms with Crippen LogP contribution in [-0.4, -0.2) is 19.1 Å². The maximum atomic E-state index is 12.6. The fraction of sp³-hybridized carbons (Fsp3) is 0.227. The van der Waals surface area contributed by atoms with E-state index in [9.17, 15) is 4.79 Å². The number of rotatable bonds is 7. The molecule has 0 aliphatic rings. The zero-order chi connectivity index (χ0) is 18.4. The lowest BCUT2D eigenvalue weighted by molar-refractivity contribution is -0.128. The zero-order valence-electron chi connectivity index (χ0n) is 15.1. The number of benzene rings is 3. The van der Waals surface area contributed by atoms with Gasteiger partial charge >= 0.3 is 0 Å². The number of amides is 1. The summed E-state index contributed by atoms with van der Waals surface area (Å²) in [6, 6.07) is 21.5. The Morgan fingerprint density at radius 2 is 1.73 bits per heavy atom. The monoisotopic (exact) mass is 349 g/mol. The molecule has 0 bridgehead atoms. The Bertz CT molecular complexity index is 869. The van der Waals surface area contributed by atoms with Gasteiger partial charge in [0.2, 0.25) is 0 Å². The number of ether oxygens (including phenoxy) is 2. The molecule has 0 radical (unpaired) electrons. The highest BCUT2D eigenvalue weighted by molar-refractivity contribution is 5.89. The van der Waals surface area contributed by atoms with Crippen LogP contribution in [-0.2, 0) is 11.3 Å². The van der Waals surface area contributed by atoms with Gasteiger partial charge in [0.1, 0.15) is 11.5 Å². The molecule has 1 atom stereocenters. The Morgan fingerprint density at radius 1 is 1.00 bits per heavy atom. The second kappa shape index (κ2) is 8.39. The highest BCUT2D eigenvalue weighted by Gasteiger charge is 2.19. The Labute approximate surface area is 153 Å². The number of fused-ring (bicyclic) bond motifs is 1. The molecule has 3 aromatic carbocycles. The summed E-state index contributed by atoms with van der Waals surface area (Å²) in [5.74, 6) is 1.41. The molecule has 26 heavy (non-hydrogen) atoms. The molecule has 1 unspecified atom stereocenters. The van der Waals surface area contributed by atoms with Crippen LogP contribution in [0, 0.1) is 0 Å². The number of carbonyl (C=O) groups excluding carboxylic acids is 1. The van der Waals surface area contributed by atoms with E-state index in [0.29, 0.717) is 13.0 Å². The number of carbonyl (C=O) groups is 1. The first-order valence-electron chi connectivity index (χ1n) is 8.76. The van der Waals surface area contributed by atoms with Gasteiger partial charge in [0.25, 0.3) is 5.91 Å². The van der Waals surface area contributed by atoms with Crippen LogP contribution in [0.5, 0.6) is 11.5 Å². The lowest BCUT2D eigenvalue weighted by Crippen LogP contribution is -2.37. The van der Waals surface area contributed by atoms with Crippen LogP contribution in [0.25, 0.3) is 10.8 Å². The van der Waals surface area contributed by atoms with Crippen LogP contribution < -0.4 is 14.8 Å². The summed E-state index contributed by atoms with van der Waals surface area (Å²) in [5, 5.41) is 5.06. The van der Waals surface area contributed by atoms with Gasteiger partial charge < -0.3 is 14.8 Å². The van der Waals surface area contributed by atoms with Crippen LogP contribution in [0.1, 0.15) is 18.9 Å². The minimum absolute atomic E-state index is 0.115. The van der Waals surface area contributed by atoms with Crippen LogP contribution >= 0.6 is 0 Å². The maximum Gasteiger partial charge on any atom is 0.261 e. The summed E-state index contributed by atoms with van der Waals surface area (Å²) in [4.78, 5) is 12.6. The minimum atomic E-state index is -0.529. The van der Waals surface area contributed by atoms with Crippen molar-refractivity contribution >= 4 is 16.7 Å². The third-order valence-electron chi connectivity index (χ3n) is 4.31. The van der Waals surface area contributed by atoms with E-state index >= 15 is 0 Å². The first kappa shape index (κ1) is 17.8. The first-order chi connectivity index (χ1) is 12.7. The molecule has 0 saturated carbocycles. The van der Waals surface area contributed by atoms with Gasteiger partial charge in [0.15, 0.2) is 6.10 Å². The molecular formula is C22H23NO3. The van der Waals surface area contributed by atoms with E-state index in [1.165, 1.54) is 0 Å². The zero-order valence-corrected chi connectivity index (χ0v) is 15.1. The quantitative estimate of drug-likeness (QED) is 0.691. The van der Waals surface area contributed by atoms with E-state index in [2.05, 4.69) is 5.32 Å². The molecule has 3 aromatic rings. The molecule has 0 saturated heterocycles. The second-order valence-corrected chi connectivity index (χ2v) is 6.06. The Hall–Kier alpha value is -3.01. The fourth-order valence-electron chi connectivity index (χ4n) is 2.82. The molecular weight excluding hydrogens is 326 g/mol. The van der Waals surface area contributed by atoms with Gasteiger partial charge in [-0.25, -0.2) is 0 Å². The van der Waals surface area contributed by atoms with Crippen molar-refractivity contribution in [1.82, 2.24) is 5.32 Å². The molecule has 0 aromatic heterocycles. The summed E-state index contributed by atoms with van der Waals surface area (Å²) >= 11 is 0. The van der Waals surface area contributed by atoms with Crippen molar-refractivity contribution < 1.29 is 14.3 Å². The Morgan fingerprint density at radius 3 is 2.46 bits per heavy atom. The molecule has 1 N–H and O–H groups in total. The molecule has 0 heterocycles. The normalized spacial score (nSPS) is 11.8. The van der Waals surface area contributed by atoms with Gasteiger partial charge in [-0.05, 0) is 35.6 Å². The van der Waals surface area contributed by atoms with Crippen LogP contribution in [0.4, 0.5) is 0 Å². The van der Waals surface area contributed by atoms with E-state index < -0.39 is 6.10 Å². The van der Waals surface area contributed by atoms with Gasteiger partial charge in [-0.3, -0.25) is 4.79 Å². The largest absolute Gasteiger partial charge is 0.497 e. The highest BCUT2D eigenvalue weighted by atomic mass is 16.5. The van der Waals surface area contributed by atoms with E-state index in [-0.39, 0.29) is 5.91 Å². The molecule has 4 nitrogen and oxygen atoms in total. The summed E-state index contributed by atoms with van der Waals surface area (Å²) in [5.41, 5.74) is 1.01. The summed E-state index contributed by atoms with van der Waals surface area (Å²) < 4.78 is 11.2. The smallest absolute Gasteiger partial charge is 0.261 e. The number of hydrogen-bond donors (Lipinski definition) is 1. The van der Waals surface area contributed by atoms with Crippen molar-refractivity contribution in [1.29, 1.82) is 0 Å². The third kappa shape index (κ3) is 4.14. The van der Waals surface area contributed by atoms with E-state index in [0.717, 1.165) is 27.8 Å². The van der Waals surface area contributed by atoms with Crippen molar-refractivity contribution in [2.75, 3.05) is 7.11 Å². The van der Waals surface area contributed by atoms with Crippen molar-refractivity contribution in [3.05, 3.63) is 72.3 Å². The number of methoxy groups -OCH3 is 1. The number of hydrogen-bond acceptors (Lipinski definition) is 3. The molecule has 4 heteroatoms. The van der Waals surface area contributed by atoms with E-state index in [1.54, 1.807) is 7.11 Å². The maximum absolute atomic E-state index is 12.6. The molecule has 0 aliphatic heterocycles. The molecule has 134 valence electrons. The van der Waals surface area contributed by atoms with Gasteiger partial charge in [-0.2, -0.15) is 0 Å². The van der Waals surface area contributed by atoms with Gasteiger partial charge in [0, 0.05) is 11.9 Å². The predicted octanol–water partition coefficient (Wildman–Crippen LogP) is 4.32. The third-order valence-corrected chi connectivity index (χ3v) is 4.31. The van der Waals surface area contributed by atoms with E-state index in [1.807, 2.05) is 73.7 Å². The van der Waals surface area contributed by atoms with Gasteiger partial charge in [-0.15, -0.1) is 0 Å². The van der Waals surface area contributed by atoms with Gasteiger partial charge in [0.05, 0.1) is 7.11 Å². The number of nitrogens with one attached hydrogen (secondary N) is 1. The van der Waals surface area contributed by atoms with Crippen molar-refractivity contribution in [2.24, 2.45) is 0 Å². The fourth-order valence-corrected chi connectivity index (χ4v) is 2.82. The lowest BCUT2D eigenvalue weighted by atomic mass is 10.1. The van der Waals surface area contributed by atoms with Crippen LogP contribution in [0.3, 0.4) is 0 Å². The van der Waals surface area contributed by atoms with Crippen molar-refractivity contribution in [3.63, 3.8) is 0 Å². The topological polar surface area (TPSA) is 47.6 Å². The van der Waals surface area contributed by atoms with Crippen molar-refractivity contribution in [3.8, 4) is 11.5 Å². The molecule has 3 rings (SSSR count).